The zero-order valence-corrected chi connectivity index (χ0v) is 14.4. The third-order valence-corrected chi connectivity index (χ3v) is 7.01. The highest BCUT2D eigenvalue weighted by Crippen LogP contribution is 2.30. The molecule has 0 aromatic carbocycles. The van der Waals surface area contributed by atoms with Crippen molar-refractivity contribution in [1.82, 2.24) is 4.72 Å². The van der Waals surface area contributed by atoms with Gasteiger partial charge in [0.2, 0.25) is 10.0 Å². The maximum absolute atomic E-state index is 12.3. The molecule has 1 aliphatic carbocycles. The van der Waals surface area contributed by atoms with E-state index in [0.29, 0.717) is 22.2 Å². The highest BCUT2D eigenvalue weighted by Gasteiger charge is 2.22. The summed E-state index contributed by atoms with van der Waals surface area (Å²) in [7, 11) is -3.45. The van der Waals surface area contributed by atoms with Gasteiger partial charge in [-0.25, -0.2) is 13.1 Å². The van der Waals surface area contributed by atoms with Crippen LogP contribution < -0.4 is 4.72 Å². The van der Waals surface area contributed by atoms with Crippen LogP contribution in [-0.2, 0) is 16.6 Å². The third-order valence-electron chi connectivity index (χ3n) is 4.26. The molecule has 2 atom stereocenters. The molecule has 21 heavy (non-hydrogen) atoms. The number of hydrogen-bond donors (Lipinski definition) is 2. The summed E-state index contributed by atoms with van der Waals surface area (Å²) < 4.78 is 27.3. The molecule has 0 aliphatic heterocycles. The lowest BCUT2D eigenvalue weighted by Gasteiger charge is -2.26. The Hall–Kier alpha value is -0.430. The average molecular weight is 332 g/mol. The fourth-order valence-corrected chi connectivity index (χ4v) is 5.71. The standard InChI is InChI=1S/C15H25NO3S2/c1-11-4-3-5-13(8-11)6-7-16-21(18,19)15-9-14(10-17)20-12(15)2/h9,11,13,16-17H,3-8,10H2,1-2H3. The molecular weight excluding hydrogens is 306 g/mol. The number of aliphatic hydroxyl groups is 1. The summed E-state index contributed by atoms with van der Waals surface area (Å²) in [6.07, 6.45) is 5.92. The Kier molecular flexibility index (Phi) is 5.82. The molecule has 120 valence electrons. The van der Waals surface area contributed by atoms with Gasteiger partial charge in [-0.3, -0.25) is 0 Å². The van der Waals surface area contributed by atoms with Crippen LogP contribution in [0.25, 0.3) is 0 Å². The van der Waals surface area contributed by atoms with E-state index in [1.807, 2.05) is 0 Å². The summed E-state index contributed by atoms with van der Waals surface area (Å²) in [5.74, 6) is 1.42. The molecule has 1 heterocycles. The van der Waals surface area contributed by atoms with Crippen molar-refractivity contribution in [2.24, 2.45) is 11.8 Å². The van der Waals surface area contributed by atoms with Crippen molar-refractivity contribution >= 4 is 21.4 Å². The third kappa shape index (κ3) is 4.52. The highest BCUT2D eigenvalue weighted by atomic mass is 32.2. The lowest BCUT2D eigenvalue weighted by molar-refractivity contribution is 0.271. The molecule has 6 heteroatoms. The fraction of sp³-hybridized carbons (Fsp3) is 0.733. The van der Waals surface area contributed by atoms with Crippen molar-refractivity contribution < 1.29 is 13.5 Å². The molecular formula is C15H25NO3S2. The molecule has 1 aromatic heterocycles. The summed E-state index contributed by atoms with van der Waals surface area (Å²) >= 11 is 1.33. The SMILES string of the molecule is Cc1sc(CO)cc1S(=O)(=O)NCCC1CCCC(C)C1. The number of rotatable bonds is 6. The van der Waals surface area contributed by atoms with E-state index in [4.69, 9.17) is 5.11 Å². The van der Waals surface area contributed by atoms with Crippen molar-refractivity contribution in [2.45, 2.75) is 57.5 Å². The number of sulfonamides is 1. The maximum Gasteiger partial charge on any atom is 0.241 e. The first kappa shape index (κ1) is 16.9. The molecule has 1 fully saturated rings. The molecule has 0 saturated heterocycles. The van der Waals surface area contributed by atoms with E-state index < -0.39 is 10.0 Å². The van der Waals surface area contributed by atoms with Gasteiger partial charge in [-0.2, -0.15) is 0 Å². The first-order chi connectivity index (χ1) is 9.92. The van der Waals surface area contributed by atoms with Crippen LogP contribution in [0.4, 0.5) is 0 Å². The summed E-state index contributed by atoms with van der Waals surface area (Å²) in [5, 5.41) is 9.11. The maximum atomic E-state index is 12.3. The Balaban J connectivity index is 1.90. The molecule has 1 aromatic rings. The first-order valence-electron chi connectivity index (χ1n) is 7.62. The van der Waals surface area contributed by atoms with Crippen LogP contribution in [-0.4, -0.2) is 20.1 Å². The average Bonchev–Trinajstić information content (AvgIpc) is 2.81. The molecule has 1 saturated carbocycles. The van der Waals surface area contributed by atoms with E-state index in [1.165, 1.54) is 37.0 Å². The lowest BCUT2D eigenvalue weighted by atomic mass is 9.81. The van der Waals surface area contributed by atoms with Gasteiger partial charge in [0.1, 0.15) is 0 Å². The van der Waals surface area contributed by atoms with Crippen LogP contribution in [0.3, 0.4) is 0 Å². The van der Waals surface area contributed by atoms with Gasteiger partial charge in [-0.1, -0.05) is 26.2 Å². The van der Waals surface area contributed by atoms with Gasteiger partial charge in [-0.05, 0) is 37.7 Å². The van der Waals surface area contributed by atoms with Gasteiger partial charge in [-0.15, -0.1) is 11.3 Å². The van der Waals surface area contributed by atoms with E-state index in [2.05, 4.69) is 11.6 Å². The summed E-state index contributed by atoms with van der Waals surface area (Å²) in [5.41, 5.74) is 0. The first-order valence-corrected chi connectivity index (χ1v) is 9.92. The van der Waals surface area contributed by atoms with Crippen LogP contribution in [0.1, 0.15) is 48.8 Å². The summed E-state index contributed by atoms with van der Waals surface area (Å²) in [6.45, 7) is 4.45. The number of thiophene rings is 1. The van der Waals surface area contributed by atoms with E-state index in [1.54, 1.807) is 13.0 Å². The predicted octanol–water partition coefficient (Wildman–Crippen LogP) is 3.04. The molecule has 2 unspecified atom stereocenters. The largest absolute Gasteiger partial charge is 0.391 e. The lowest BCUT2D eigenvalue weighted by Crippen LogP contribution is -2.27. The summed E-state index contributed by atoms with van der Waals surface area (Å²) in [6, 6.07) is 1.57. The van der Waals surface area contributed by atoms with Gasteiger partial charge in [0.15, 0.2) is 0 Å². The Labute approximate surface area is 131 Å². The molecule has 4 nitrogen and oxygen atoms in total. The number of aryl methyl sites for hydroxylation is 1. The molecule has 0 radical (unpaired) electrons. The van der Waals surface area contributed by atoms with E-state index in [9.17, 15) is 8.42 Å². The van der Waals surface area contributed by atoms with E-state index >= 15 is 0 Å². The van der Waals surface area contributed by atoms with Crippen molar-refractivity contribution in [3.63, 3.8) is 0 Å². The Morgan fingerprint density at radius 2 is 2.19 bits per heavy atom. The molecule has 0 spiro atoms. The van der Waals surface area contributed by atoms with Crippen LogP contribution >= 0.6 is 11.3 Å². The highest BCUT2D eigenvalue weighted by molar-refractivity contribution is 7.89. The Bertz CT molecular complexity index is 565. The normalized spacial score (nSPS) is 23.4. The van der Waals surface area contributed by atoms with Gasteiger partial charge < -0.3 is 5.11 Å². The van der Waals surface area contributed by atoms with Crippen molar-refractivity contribution in [1.29, 1.82) is 0 Å². The van der Waals surface area contributed by atoms with Crippen molar-refractivity contribution in [2.75, 3.05) is 6.54 Å². The van der Waals surface area contributed by atoms with Crippen LogP contribution in [0.5, 0.6) is 0 Å². The summed E-state index contributed by atoms with van der Waals surface area (Å²) in [4.78, 5) is 1.74. The van der Waals surface area contributed by atoms with Crippen molar-refractivity contribution in [3.05, 3.63) is 15.8 Å². The molecule has 0 bridgehead atoms. The quantitative estimate of drug-likeness (QED) is 0.842. The fourth-order valence-electron chi connectivity index (χ4n) is 3.17. The second-order valence-corrected chi connectivity index (χ2v) is 9.19. The Morgan fingerprint density at radius 1 is 1.43 bits per heavy atom. The van der Waals surface area contributed by atoms with Crippen LogP contribution in [0, 0.1) is 18.8 Å². The topological polar surface area (TPSA) is 66.4 Å². The van der Waals surface area contributed by atoms with Crippen LogP contribution in [0.15, 0.2) is 11.0 Å². The zero-order valence-electron chi connectivity index (χ0n) is 12.8. The second kappa shape index (κ2) is 7.22. The minimum Gasteiger partial charge on any atom is -0.391 e. The predicted molar refractivity (Wildman–Crippen MR) is 85.9 cm³/mol. The van der Waals surface area contributed by atoms with Gasteiger partial charge in [0.05, 0.1) is 11.5 Å². The minimum absolute atomic E-state index is 0.110. The molecule has 2 rings (SSSR count). The molecule has 1 aliphatic rings. The molecule has 2 N–H and O–H groups in total. The van der Waals surface area contributed by atoms with Crippen LogP contribution in [0.2, 0.25) is 0 Å². The van der Waals surface area contributed by atoms with Gasteiger partial charge in [0.25, 0.3) is 0 Å². The zero-order chi connectivity index (χ0) is 15.5. The van der Waals surface area contributed by atoms with E-state index in [-0.39, 0.29) is 6.61 Å². The second-order valence-electron chi connectivity index (χ2n) is 6.12. The minimum atomic E-state index is -3.45. The molecule has 0 amide bonds. The number of hydrogen-bond acceptors (Lipinski definition) is 4. The monoisotopic (exact) mass is 331 g/mol. The van der Waals surface area contributed by atoms with Crippen molar-refractivity contribution in [3.8, 4) is 0 Å². The van der Waals surface area contributed by atoms with Gasteiger partial charge >= 0.3 is 0 Å². The number of nitrogens with one attached hydrogen (secondary N) is 1. The smallest absolute Gasteiger partial charge is 0.241 e. The Morgan fingerprint density at radius 3 is 2.81 bits per heavy atom. The van der Waals surface area contributed by atoms with E-state index in [0.717, 1.165) is 17.2 Å². The number of aliphatic hydroxyl groups excluding tert-OH is 1. The van der Waals surface area contributed by atoms with Gasteiger partial charge in [0, 0.05) is 16.3 Å².